The van der Waals surface area contributed by atoms with Crippen molar-refractivity contribution in [2.24, 2.45) is 0 Å². The first kappa shape index (κ1) is 16.1. The van der Waals surface area contributed by atoms with E-state index in [9.17, 15) is 4.79 Å². The fraction of sp³-hybridized carbons (Fsp3) is 0.176. The lowest BCUT2D eigenvalue weighted by molar-refractivity contribution is -0.116. The number of nitrogens with one attached hydrogen (secondary N) is 1. The van der Waals surface area contributed by atoms with Crippen LogP contribution < -0.4 is 14.8 Å². The van der Waals surface area contributed by atoms with Crippen molar-refractivity contribution in [3.05, 3.63) is 47.7 Å². The summed E-state index contributed by atoms with van der Waals surface area (Å²) in [5.41, 5.74) is 2.08. The summed E-state index contributed by atoms with van der Waals surface area (Å²) >= 11 is 6.15. The Morgan fingerprint density at radius 2 is 2.00 bits per heavy atom. The Balaban J connectivity index is 1.84. The molecule has 0 atom stereocenters. The number of carbonyl (C=O) groups excluding carboxylic acids is 1. The monoisotopic (exact) mass is 345 g/mol. The largest absolute Gasteiger partial charge is 0.497 e. The molecule has 0 saturated carbocycles. The number of rotatable bonds is 5. The zero-order valence-corrected chi connectivity index (χ0v) is 14.0. The number of hydrogen-bond donors (Lipinski definition) is 1. The van der Waals surface area contributed by atoms with Gasteiger partial charge in [0.25, 0.3) is 0 Å². The molecule has 124 valence electrons. The Morgan fingerprint density at radius 3 is 2.75 bits per heavy atom. The number of aromatic nitrogens is 2. The van der Waals surface area contributed by atoms with Gasteiger partial charge < -0.3 is 19.4 Å². The molecule has 3 aromatic rings. The number of hydrogen-bond acceptors (Lipinski definition) is 4. The summed E-state index contributed by atoms with van der Waals surface area (Å²) in [5.74, 6) is 0.926. The number of fused-ring (bicyclic) bond motifs is 1. The van der Waals surface area contributed by atoms with Gasteiger partial charge in [-0.05, 0) is 35.9 Å². The van der Waals surface area contributed by atoms with Crippen molar-refractivity contribution >= 4 is 34.2 Å². The summed E-state index contributed by atoms with van der Waals surface area (Å²) in [6.45, 7) is 0.0414. The molecule has 0 aliphatic carbocycles. The lowest BCUT2D eigenvalue weighted by Crippen LogP contribution is -2.19. The van der Waals surface area contributed by atoms with Gasteiger partial charge in [-0.1, -0.05) is 12.1 Å². The van der Waals surface area contributed by atoms with E-state index in [1.165, 1.54) is 7.11 Å². The first-order chi connectivity index (χ1) is 11.6. The SMILES string of the molecule is COc1ccc(OC)c(NC(=O)Cn2c(Cl)nc3ccccc32)c1. The fourth-order valence-electron chi connectivity index (χ4n) is 2.44. The first-order valence-corrected chi connectivity index (χ1v) is 7.63. The van der Waals surface area contributed by atoms with Crippen LogP contribution in [-0.2, 0) is 11.3 Å². The molecule has 1 aromatic heterocycles. The molecule has 0 aliphatic rings. The van der Waals surface area contributed by atoms with Crippen molar-refractivity contribution in [2.45, 2.75) is 6.54 Å². The first-order valence-electron chi connectivity index (χ1n) is 7.25. The van der Waals surface area contributed by atoms with Crippen LogP contribution in [0.2, 0.25) is 5.28 Å². The Hall–Kier alpha value is -2.73. The molecule has 3 rings (SSSR count). The zero-order valence-electron chi connectivity index (χ0n) is 13.2. The summed E-state index contributed by atoms with van der Waals surface area (Å²) in [4.78, 5) is 16.7. The van der Waals surface area contributed by atoms with Crippen LogP contribution in [0.25, 0.3) is 11.0 Å². The maximum Gasteiger partial charge on any atom is 0.244 e. The van der Waals surface area contributed by atoms with Crippen LogP contribution in [0, 0.1) is 0 Å². The van der Waals surface area contributed by atoms with E-state index < -0.39 is 0 Å². The number of anilines is 1. The van der Waals surface area contributed by atoms with Crippen molar-refractivity contribution < 1.29 is 14.3 Å². The number of ether oxygens (including phenoxy) is 2. The molecule has 0 fully saturated rings. The van der Waals surface area contributed by atoms with Gasteiger partial charge in [0.15, 0.2) is 0 Å². The number of carbonyl (C=O) groups is 1. The van der Waals surface area contributed by atoms with Crippen LogP contribution in [0.1, 0.15) is 0 Å². The van der Waals surface area contributed by atoms with E-state index in [0.717, 1.165) is 11.0 Å². The molecule has 0 spiro atoms. The van der Waals surface area contributed by atoms with Gasteiger partial charge >= 0.3 is 0 Å². The van der Waals surface area contributed by atoms with Gasteiger partial charge in [0.1, 0.15) is 18.0 Å². The fourth-order valence-corrected chi connectivity index (χ4v) is 2.68. The molecule has 0 aliphatic heterocycles. The minimum atomic E-state index is -0.244. The molecule has 0 bridgehead atoms. The molecule has 0 saturated heterocycles. The Labute approximate surface area is 144 Å². The van der Waals surface area contributed by atoms with Gasteiger partial charge in [0, 0.05) is 6.07 Å². The molecule has 6 nitrogen and oxygen atoms in total. The number of halogens is 1. The van der Waals surface area contributed by atoms with Crippen molar-refractivity contribution in [2.75, 3.05) is 19.5 Å². The predicted octanol–water partition coefficient (Wildman–Crippen LogP) is 3.35. The number of nitrogens with zero attached hydrogens (tertiary/aromatic N) is 2. The van der Waals surface area contributed by atoms with E-state index in [-0.39, 0.29) is 17.7 Å². The van der Waals surface area contributed by atoms with Gasteiger partial charge in [0.05, 0.1) is 30.9 Å². The Kier molecular flexibility index (Phi) is 4.57. The van der Waals surface area contributed by atoms with Crippen molar-refractivity contribution in [1.29, 1.82) is 0 Å². The average Bonchev–Trinajstić information content (AvgIpc) is 2.90. The Bertz CT molecular complexity index is 892. The number of methoxy groups -OCH3 is 2. The van der Waals surface area contributed by atoms with E-state index in [4.69, 9.17) is 21.1 Å². The zero-order chi connectivity index (χ0) is 17.1. The van der Waals surface area contributed by atoms with Gasteiger partial charge in [-0.15, -0.1) is 0 Å². The molecule has 2 aromatic carbocycles. The van der Waals surface area contributed by atoms with E-state index in [1.807, 2.05) is 24.3 Å². The number of para-hydroxylation sites is 2. The minimum absolute atomic E-state index is 0.0414. The third kappa shape index (κ3) is 3.14. The van der Waals surface area contributed by atoms with E-state index in [1.54, 1.807) is 29.9 Å². The highest BCUT2D eigenvalue weighted by Crippen LogP contribution is 2.29. The second-order valence-corrected chi connectivity index (χ2v) is 5.41. The number of imidazole rings is 1. The summed E-state index contributed by atoms with van der Waals surface area (Å²) < 4.78 is 12.1. The number of amides is 1. The highest BCUT2D eigenvalue weighted by atomic mass is 35.5. The highest BCUT2D eigenvalue weighted by Gasteiger charge is 2.14. The second-order valence-electron chi connectivity index (χ2n) is 5.07. The van der Waals surface area contributed by atoms with Gasteiger partial charge in [0.2, 0.25) is 11.2 Å². The van der Waals surface area contributed by atoms with Crippen LogP contribution in [0.5, 0.6) is 11.5 Å². The third-order valence-corrected chi connectivity index (χ3v) is 3.88. The normalized spacial score (nSPS) is 10.6. The van der Waals surface area contributed by atoms with Crippen LogP contribution >= 0.6 is 11.6 Å². The topological polar surface area (TPSA) is 65.4 Å². The Morgan fingerprint density at radius 1 is 1.21 bits per heavy atom. The van der Waals surface area contributed by atoms with Gasteiger partial charge in [-0.2, -0.15) is 0 Å². The van der Waals surface area contributed by atoms with Crippen LogP contribution in [0.4, 0.5) is 5.69 Å². The highest BCUT2D eigenvalue weighted by molar-refractivity contribution is 6.29. The standard InChI is InChI=1S/C17H16ClN3O3/c1-23-11-7-8-15(24-2)13(9-11)19-16(22)10-21-14-6-4-3-5-12(14)20-17(21)18/h3-9H,10H2,1-2H3,(H,19,22). The van der Waals surface area contributed by atoms with Crippen LogP contribution in [0.3, 0.4) is 0 Å². The van der Waals surface area contributed by atoms with E-state index in [2.05, 4.69) is 10.3 Å². The lowest BCUT2D eigenvalue weighted by Gasteiger charge is -2.12. The van der Waals surface area contributed by atoms with Gasteiger partial charge in [-0.3, -0.25) is 4.79 Å². The van der Waals surface area contributed by atoms with Crippen molar-refractivity contribution in [1.82, 2.24) is 9.55 Å². The molecule has 7 heteroatoms. The molecule has 0 unspecified atom stereocenters. The van der Waals surface area contributed by atoms with Gasteiger partial charge in [-0.25, -0.2) is 4.98 Å². The summed E-state index contributed by atoms with van der Waals surface area (Å²) in [7, 11) is 3.10. The average molecular weight is 346 g/mol. The smallest absolute Gasteiger partial charge is 0.244 e. The van der Waals surface area contributed by atoms with Crippen LogP contribution in [-0.4, -0.2) is 29.7 Å². The minimum Gasteiger partial charge on any atom is -0.497 e. The summed E-state index contributed by atoms with van der Waals surface area (Å²) in [6.07, 6.45) is 0. The molecule has 1 N–H and O–H groups in total. The lowest BCUT2D eigenvalue weighted by atomic mass is 10.2. The third-order valence-electron chi connectivity index (χ3n) is 3.59. The second kappa shape index (κ2) is 6.80. The van der Waals surface area contributed by atoms with Crippen LogP contribution in [0.15, 0.2) is 42.5 Å². The maximum atomic E-state index is 12.4. The quantitative estimate of drug-likeness (QED) is 0.770. The van der Waals surface area contributed by atoms with E-state index in [0.29, 0.717) is 17.2 Å². The molecule has 1 heterocycles. The van der Waals surface area contributed by atoms with E-state index >= 15 is 0 Å². The number of benzene rings is 2. The predicted molar refractivity (Wildman–Crippen MR) is 92.9 cm³/mol. The molecule has 0 radical (unpaired) electrons. The molecule has 24 heavy (non-hydrogen) atoms. The maximum absolute atomic E-state index is 12.4. The van der Waals surface area contributed by atoms with Crippen molar-refractivity contribution in [3.8, 4) is 11.5 Å². The molecular formula is C17H16ClN3O3. The molecule has 1 amide bonds. The summed E-state index contributed by atoms with van der Waals surface area (Å²) in [5, 5.41) is 3.08. The molecular weight excluding hydrogens is 330 g/mol. The summed E-state index contributed by atoms with van der Waals surface area (Å²) in [6, 6.07) is 12.7. The van der Waals surface area contributed by atoms with Crippen molar-refractivity contribution in [3.63, 3.8) is 0 Å².